The minimum atomic E-state index is -0.296. The zero-order valence-electron chi connectivity index (χ0n) is 15.3. The van der Waals surface area contributed by atoms with Gasteiger partial charge in [0.15, 0.2) is 17.2 Å². The van der Waals surface area contributed by atoms with E-state index in [-0.39, 0.29) is 30.1 Å². The van der Waals surface area contributed by atoms with Gasteiger partial charge in [0, 0.05) is 24.8 Å². The third-order valence-corrected chi connectivity index (χ3v) is 3.49. The van der Waals surface area contributed by atoms with Crippen LogP contribution >= 0.6 is 0 Å². The number of hydrogen-bond acceptors (Lipinski definition) is 6. The van der Waals surface area contributed by atoms with E-state index in [1.165, 1.54) is 6.92 Å². The first-order valence-electron chi connectivity index (χ1n) is 8.55. The molecule has 1 amide bonds. The van der Waals surface area contributed by atoms with E-state index in [9.17, 15) is 9.59 Å². The number of rotatable bonds is 10. The highest BCUT2D eigenvalue weighted by Gasteiger charge is 2.12. The molecule has 0 unspecified atom stereocenters. The first-order valence-corrected chi connectivity index (χ1v) is 8.55. The predicted octanol–water partition coefficient (Wildman–Crippen LogP) is 3.00. The molecule has 0 fully saturated rings. The number of nitrogens with zero attached hydrogens (tertiary/aromatic N) is 1. The quantitative estimate of drug-likeness (QED) is 0.517. The predicted molar refractivity (Wildman–Crippen MR) is 95.3 cm³/mol. The van der Waals surface area contributed by atoms with Gasteiger partial charge < -0.3 is 19.3 Å². The Hall–Kier alpha value is -2.67. The van der Waals surface area contributed by atoms with Crippen LogP contribution in [-0.4, -0.2) is 36.1 Å². The molecular formula is C19H24N2O5. The largest absolute Gasteiger partial charge is 0.486 e. The highest BCUT2D eigenvalue weighted by molar-refractivity contribution is 5.94. The second kappa shape index (κ2) is 9.72. The Bertz CT molecular complexity index is 722. The summed E-state index contributed by atoms with van der Waals surface area (Å²) in [7, 11) is 0. The molecule has 0 aliphatic rings. The number of amides is 1. The molecule has 140 valence electrons. The Kier molecular flexibility index (Phi) is 7.35. The summed E-state index contributed by atoms with van der Waals surface area (Å²) >= 11 is 0. The number of nitrogens with one attached hydrogen (secondary N) is 1. The molecule has 1 heterocycles. The van der Waals surface area contributed by atoms with Gasteiger partial charge in [0.1, 0.15) is 12.4 Å². The van der Waals surface area contributed by atoms with Crippen LogP contribution in [0.3, 0.4) is 0 Å². The number of hydrogen-bond donors (Lipinski definition) is 1. The molecule has 0 radical (unpaired) electrons. The fourth-order valence-electron chi connectivity index (χ4n) is 2.11. The molecule has 0 aliphatic heterocycles. The summed E-state index contributed by atoms with van der Waals surface area (Å²) in [5, 5.41) is 6.51. The van der Waals surface area contributed by atoms with Gasteiger partial charge >= 0.3 is 0 Å². The average molecular weight is 360 g/mol. The topological polar surface area (TPSA) is 90.7 Å². The van der Waals surface area contributed by atoms with Crippen LogP contribution in [0.4, 0.5) is 0 Å². The summed E-state index contributed by atoms with van der Waals surface area (Å²) in [6, 6.07) is 8.35. The summed E-state index contributed by atoms with van der Waals surface area (Å²) in [5.74, 6) is 0.741. The van der Waals surface area contributed by atoms with E-state index in [4.69, 9.17) is 14.0 Å². The van der Waals surface area contributed by atoms with Crippen molar-refractivity contribution >= 4 is 11.7 Å². The van der Waals surface area contributed by atoms with Crippen molar-refractivity contribution in [1.29, 1.82) is 0 Å². The van der Waals surface area contributed by atoms with Crippen molar-refractivity contribution in [2.45, 2.75) is 39.9 Å². The second-order valence-corrected chi connectivity index (χ2v) is 6.08. The van der Waals surface area contributed by atoms with Crippen molar-refractivity contribution in [2.24, 2.45) is 0 Å². The molecule has 26 heavy (non-hydrogen) atoms. The Balaban J connectivity index is 1.76. The summed E-state index contributed by atoms with van der Waals surface area (Å²) in [6.45, 7) is 6.69. The van der Waals surface area contributed by atoms with Crippen LogP contribution in [0.15, 0.2) is 34.9 Å². The SMILES string of the molecule is CC(=O)c1ccc(OCc2cc(C(=O)NCCCOC(C)C)no2)cc1. The molecule has 0 saturated heterocycles. The number of carbonyl (C=O) groups is 2. The summed E-state index contributed by atoms with van der Waals surface area (Å²) in [6.07, 6.45) is 0.913. The third-order valence-electron chi connectivity index (χ3n) is 3.49. The molecule has 2 aromatic rings. The van der Waals surface area contributed by atoms with Gasteiger partial charge in [0.05, 0.1) is 6.10 Å². The minimum Gasteiger partial charge on any atom is -0.486 e. The molecule has 1 aromatic heterocycles. The van der Waals surface area contributed by atoms with Gasteiger partial charge in [0.2, 0.25) is 0 Å². The fraction of sp³-hybridized carbons (Fsp3) is 0.421. The van der Waals surface area contributed by atoms with Gasteiger partial charge in [-0.25, -0.2) is 0 Å². The van der Waals surface area contributed by atoms with E-state index in [0.717, 1.165) is 6.42 Å². The van der Waals surface area contributed by atoms with Crippen LogP contribution in [0.2, 0.25) is 0 Å². The lowest BCUT2D eigenvalue weighted by Crippen LogP contribution is -2.25. The molecule has 0 aliphatic carbocycles. The van der Waals surface area contributed by atoms with E-state index in [1.54, 1.807) is 30.3 Å². The molecular weight excluding hydrogens is 336 g/mol. The van der Waals surface area contributed by atoms with E-state index >= 15 is 0 Å². The normalized spacial score (nSPS) is 10.8. The van der Waals surface area contributed by atoms with Crippen molar-refractivity contribution in [2.75, 3.05) is 13.2 Å². The molecule has 7 heteroatoms. The lowest BCUT2D eigenvalue weighted by molar-refractivity contribution is 0.0756. The molecule has 7 nitrogen and oxygen atoms in total. The summed E-state index contributed by atoms with van der Waals surface area (Å²) < 4.78 is 16.1. The maximum Gasteiger partial charge on any atom is 0.273 e. The van der Waals surface area contributed by atoms with Gasteiger partial charge in [-0.15, -0.1) is 0 Å². The lowest BCUT2D eigenvalue weighted by Gasteiger charge is -2.07. The van der Waals surface area contributed by atoms with E-state index in [2.05, 4.69) is 10.5 Å². The van der Waals surface area contributed by atoms with Crippen LogP contribution in [-0.2, 0) is 11.3 Å². The Morgan fingerprint density at radius 2 is 1.96 bits per heavy atom. The Labute approximate surface area is 152 Å². The Morgan fingerprint density at radius 3 is 2.62 bits per heavy atom. The molecule has 0 bridgehead atoms. The van der Waals surface area contributed by atoms with Gasteiger partial charge in [0.25, 0.3) is 5.91 Å². The highest BCUT2D eigenvalue weighted by Crippen LogP contribution is 2.15. The zero-order valence-corrected chi connectivity index (χ0v) is 15.3. The molecule has 0 saturated carbocycles. The Morgan fingerprint density at radius 1 is 1.23 bits per heavy atom. The van der Waals surface area contributed by atoms with Gasteiger partial charge in [-0.1, -0.05) is 5.16 Å². The van der Waals surface area contributed by atoms with Crippen LogP contribution in [0.25, 0.3) is 0 Å². The van der Waals surface area contributed by atoms with Crippen LogP contribution in [0.5, 0.6) is 5.75 Å². The summed E-state index contributed by atoms with van der Waals surface area (Å²) in [5.41, 5.74) is 0.829. The van der Waals surface area contributed by atoms with Crippen LogP contribution < -0.4 is 10.1 Å². The van der Waals surface area contributed by atoms with Crippen molar-refractivity contribution in [3.63, 3.8) is 0 Å². The standard InChI is InChI=1S/C19H24N2O5/c1-13(2)24-10-4-9-20-19(23)18-11-17(26-21-18)12-25-16-7-5-15(6-8-16)14(3)22/h5-8,11,13H,4,9-10,12H2,1-3H3,(H,20,23). The molecule has 2 rings (SSSR count). The molecule has 0 spiro atoms. The second-order valence-electron chi connectivity index (χ2n) is 6.08. The van der Waals surface area contributed by atoms with Gasteiger partial charge in [-0.2, -0.15) is 0 Å². The van der Waals surface area contributed by atoms with Crippen LogP contribution in [0.1, 0.15) is 53.8 Å². The zero-order chi connectivity index (χ0) is 18.9. The monoisotopic (exact) mass is 360 g/mol. The number of benzene rings is 1. The molecule has 0 atom stereocenters. The van der Waals surface area contributed by atoms with Gasteiger partial charge in [-0.05, 0) is 51.5 Å². The number of ketones is 1. The van der Waals surface area contributed by atoms with E-state index < -0.39 is 0 Å². The van der Waals surface area contributed by atoms with Gasteiger partial charge in [-0.3, -0.25) is 9.59 Å². The van der Waals surface area contributed by atoms with Crippen molar-refractivity contribution < 1.29 is 23.6 Å². The van der Waals surface area contributed by atoms with E-state index in [1.807, 2.05) is 13.8 Å². The minimum absolute atomic E-state index is 0.00166. The van der Waals surface area contributed by atoms with Crippen molar-refractivity contribution in [1.82, 2.24) is 10.5 Å². The smallest absolute Gasteiger partial charge is 0.273 e. The fourth-order valence-corrected chi connectivity index (χ4v) is 2.11. The number of Topliss-reactive ketones (excluding diaryl/α,β-unsaturated/α-hetero) is 1. The molecule has 1 aromatic carbocycles. The number of aromatic nitrogens is 1. The number of ether oxygens (including phenoxy) is 2. The molecule has 1 N–H and O–H groups in total. The highest BCUT2D eigenvalue weighted by atomic mass is 16.5. The van der Waals surface area contributed by atoms with Crippen molar-refractivity contribution in [3.05, 3.63) is 47.3 Å². The third kappa shape index (κ3) is 6.33. The first-order chi connectivity index (χ1) is 12.5. The van der Waals surface area contributed by atoms with Crippen LogP contribution in [0, 0.1) is 0 Å². The maximum atomic E-state index is 12.0. The van der Waals surface area contributed by atoms with Crippen molar-refractivity contribution in [3.8, 4) is 5.75 Å². The maximum absolute atomic E-state index is 12.0. The lowest BCUT2D eigenvalue weighted by atomic mass is 10.1. The average Bonchev–Trinajstić information content (AvgIpc) is 3.08. The number of carbonyl (C=O) groups excluding carboxylic acids is 2. The van der Waals surface area contributed by atoms with E-state index in [0.29, 0.717) is 30.2 Å². The first kappa shape index (κ1) is 19.7. The summed E-state index contributed by atoms with van der Waals surface area (Å²) in [4.78, 5) is 23.2.